The molecule has 2 aromatic carbocycles. The summed E-state index contributed by atoms with van der Waals surface area (Å²) in [5, 5.41) is 14.1. The van der Waals surface area contributed by atoms with E-state index in [-0.39, 0.29) is 6.03 Å². The van der Waals surface area contributed by atoms with Crippen LogP contribution in [0.15, 0.2) is 48.5 Å². The molecule has 0 aliphatic rings. The molecule has 2 N–H and O–H groups in total. The summed E-state index contributed by atoms with van der Waals surface area (Å²) in [7, 11) is 1.58. The van der Waals surface area contributed by atoms with Gasteiger partial charge in [-0.2, -0.15) is 5.26 Å². The van der Waals surface area contributed by atoms with Gasteiger partial charge in [-0.15, -0.1) is 0 Å². The van der Waals surface area contributed by atoms with Crippen molar-refractivity contribution in [1.82, 2.24) is 0 Å². The van der Waals surface area contributed by atoms with E-state index < -0.39 is 0 Å². The molecule has 0 atom stereocenters. The number of benzene rings is 2. The second-order valence-electron chi connectivity index (χ2n) is 4.00. The maximum atomic E-state index is 11.8. The fourth-order valence-corrected chi connectivity index (χ4v) is 1.60. The van der Waals surface area contributed by atoms with E-state index in [0.29, 0.717) is 16.9 Å². The smallest absolute Gasteiger partial charge is 0.323 e. The Morgan fingerprint density at radius 3 is 1.95 bits per heavy atom. The van der Waals surface area contributed by atoms with Crippen molar-refractivity contribution in [1.29, 1.82) is 5.26 Å². The van der Waals surface area contributed by atoms with Crippen LogP contribution in [0.2, 0.25) is 0 Å². The monoisotopic (exact) mass is 267 g/mol. The maximum absolute atomic E-state index is 11.8. The van der Waals surface area contributed by atoms with Gasteiger partial charge in [0.25, 0.3) is 0 Å². The quantitative estimate of drug-likeness (QED) is 0.896. The van der Waals surface area contributed by atoms with Gasteiger partial charge in [0.05, 0.1) is 18.7 Å². The number of ether oxygens (including phenoxy) is 1. The lowest BCUT2D eigenvalue weighted by Crippen LogP contribution is -2.19. The molecule has 0 spiro atoms. The zero-order valence-corrected chi connectivity index (χ0v) is 10.9. The third kappa shape index (κ3) is 3.50. The second kappa shape index (κ2) is 6.25. The molecule has 0 saturated carbocycles. The van der Waals surface area contributed by atoms with Gasteiger partial charge in [0.15, 0.2) is 0 Å². The van der Waals surface area contributed by atoms with Crippen molar-refractivity contribution in [2.75, 3.05) is 17.7 Å². The van der Waals surface area contributed by atoms with Crippen LogP contribution in [0.1, 0.15) is 5.56 Å². The van der Waals surface area contributed by atoms with E-state index in [4.69, 9.17) is 10.00 Å². The first kappa shape index (κ1) is 13.4. The predicted octanol–water partition coefficient (Wildman–Crippen LogP) is 3.21. The van der Waals surface area contributed by atoms with Gasteiger partial charge in [-0.1, -0.05) is 0 Å². The van der Waals surface area contributed by atoms with E-state index >= 15 is 0 Å². The second-order valence-corrected chi connectivity index (χ2v) is 4.00. The Hall–Kier alpha value is -3.00. The van der Waals surface area contributed by atoms with Crippen LogP contribution in [0.5, 0.6) is 5.75 Å². The molecule has 2 rings (SSSR count). The fraction of sp³-hybridized carbons (Fsp3) is 0.0667. The summed E-state index contributed by atoms with van der Waals surface area (Å²) in [6.07, 6.45) is 0. The minimum absolute atomic E-state index is 0.347. The average molecular weight is 267 g/mol. The molecule has 2 aromatic rings. The topological polar surface area (TPSA) is 74.2 Å². The number of anilines is 2. The number of hydrogen-bond donors (Lipinski definition) is 2. The lowest BCUT2D eigenvalue weighted by Gasteiger charge is -2.08. The number of amides is 2. The Morgan fingerprint density at radius 1 is 1.00 bits per heavy atom. The highest BCUT2D eigenvalue weighted by Gasteiger charge is 2.03. The van der Waals surface area contributed by atoms with Gasteiger partial charge in [0.1, 0.15) is 5.75 Å². The summed E-state index contributed by atoms with van der Waals surface area (Å²) in [5.41, 5.74) is 1.83. The van der Waals surface area contributed by atoms with Crippen LogP contribution in [0.4, 0.5) is 16.2 Å². The Morgan fingerprint density at radius 2 is 1.50 bits per heavy atom. The van der Waals surface area contributed by atoms with E-state index in [1.165, 1.54) is 0 Å². The highest BCUT2D eigenvalue weighted by atomic mass is 16.5. The first-order chi connectivity index (χ1) is 9.71. The molecular formula is C15H13N3O2. The number of urea groups is 1. The molecule has 0 bridgehead atoms. The van der Waals surface area contributed by atoms with Gasteiger partial charge in [0, 0.05) is 11.4 Å². The van der Waals surface area contributed by atoms with Crippen LogP contribution in [-0.4, -0.2) is 13.1 Å². The number of nitriles is 1. The predicted molar refractivity (Wildman–Crippen MR) is 76.8 cm³/mol. The van der Waals surface area contributed by atoms with Crippen LogP contribution in [0, 0.1) is 11.3 Å². The van der Waals surface area contributed by atoms with Gasteiger partial charge in [0.2, 0.25) is 0 Å². The van der Waals surface area contributed by atoms with Crippen LogP contribution in [0.3, 0.4) is 0 Å². The molecule has 100 valence electrons. The van der Waals surface area contributed by atoms with Crippen LogP contribution < -0.4 is 15.4 Å². The summed E-state index contributed by atoms with van der Waals surface area (Å²) in [5.74, 6) is 0.725. The number of carbonyl (C=O) groups excluding carboxylic acids is 1. The van der Waals surface area contributed by atoms with Crippen molar-refractivity contribution in [3.05, 3.63) is 54.1 Å². The molecule has 0 heterocycles. The Bertz CT molecular complexity index is 628. The lowest BCUT2D eigenvalue weighted by atomic mass is 10.2. The molecule has 20 heavy (non-hydrogen) atoms. The van der Waals surface area contributed by atoms with E-state index in [9.17, 15) is 4.79 Å². The van der Waals surface area contributed by atoms with Gasteiger partial charge < -0.3 is 15.4 Å². The van der Waals surface area contributed by atoms with Crippen LogP contribution >= 0.6 is 0 Å². The number of nitrogens with one attached hydrogen (secondary N) is 2. The molecule has 0 saturated heterocycles. The van der Waals surface area contributed by atoms with Crippen molar-refractivity contribution in [2.45, 2.75) is 0 Å². The van der Waals surface area contributed by atoms with Gasteiger partial charge >= 0.3 is 6.03 Å². The Kier molecular flexibility index (Phi) is 4.20. The van der Waals surface area contributed by atoms with Gasteiger partial charge in [-0.05, 0) is 48.5 Å². The Labute approximate surface area is 116 Å². The molecule has 0 radical (unpaired) electrons. The van der Waals surface area contributed by atoms with E-state index in [1.54, 1.807) is 55.6 Å². The highest BCUT2D eigenvalue weighted by molar-refractivity contribution is 5.99. The van der Waals surface area contributed by atoms with Crippen molar-refractivity contribution in [2.24, 2.45) is 0 Å². The van der Waals surface area contributed by atoms with E-state index in [0.717, 1.165) is 5.75 Å². The standard InChI is InChI=1S/C15H13N3O2/c1-20-14-8-6-13(7-9-14)18-15(19)17-12-4-2-11(10-16)3-5-12/h2-9H,1H3,(H2,17,18,19). The molecular weight excluding hydrogens is 254 g/mol. The summed E-state index contributed by atoms with van der Waals surface area (Å²) in [6, 6.07) is 15.3. The van der Waals surface area contributed by atoms with Crippen molar-refractivity contribution in [3.8, 4) is 11.8 Å². The third-order valence-electron chi connectivity index (χ3n) is 2.62. The molecule has 0 unspecified atom stereocenters. The number of hydrogen-bond acceptors (Lipinski definition) is 3. The SMILES string of the molecule is COc1ccc(NC(=O)Nc2ccc(C#N)cc2)cc1. The first-order valence-corrected chi connectivity index (χ1v) is 5.93. The minimum Gasteiger partial charge on any atom is -0.497 e. The minimum atomic E-state index is -0.347. The molecule has 0 aromatic heterocycles. The summed E-state index contributed by atoms with van der Waals surface area (Å²) in [4.78, 5) is 11.8. The van der Waals surface area contributed by atoms with Crippen molar-refractivity contribution in [3.63, 3.8) is 0 Å². The van der Waals surface area contributed by atoms with Crippen LogP contribution in [0.25, 0.3) is 0 Å². The molecule has 5 heteroatoms. The summed E-state index contributed by atoms with van der Waals surface area (Å²) >= 11 is 0. The van der Waals surface area contributed by atoms with Crippen molar-refractivity contribution >= 4 is 17.4 Å². The first-order valence-electron chi connectivity index (χ1n) is 5.93. The van der Waals surface area contributed by atoms with E-state index in [1.807, 2.05) is 6.07 Å². The largest absolute Gasteiger partial charge is 0.497 e. The summed E-state index contributed by atoms with van der Waals surface area (Å²) in [6.45, 7) is 0. The number of rotatable bonds is 3. The maximum Gasteiger partial charge on any atom is 0.323 e. The number of nitrogens with zero attached hydrogens (tertiary/aromatic N) is 1. The van der Waals surface area contributed by atoms with Gasteiger partial charge in [-0.25, -0.2) is 4.79 Å². The zero-order chi connectivity index (χ0) is 14.4. The molecule has 0 aliphatic carbocycles. The molecule has 5 nitrogen and oxygen atoms in total. The lowest BCUT2D eigenvalue weighted by molar-refractivity contribution is 0.262. The Balaban J connectivity index is 1.95. The normalized spacial score (nSPS) is 9.40. The molecule has 2 amide bonds. The summed E-state index contributed by atoms with van der Waals surface area (Å²) < 4.78 is 5.04. The van der Waals surface area contributed by atoms with E-state index in [2.05, 4.69) is 10.6 Å². The molecule has 0 fully saturated rings. The molecule has 0 aliphatic heterocycles. The zero-order valence-electron chi connectivity index (χ0n) is 10.9. The van der Waals surface area contributed by atoms with Gasteiger partial charge in [-0.3, -0.25) is 0 Å². The van der Waals surface area contributed by atoms with Crippen molar-refractivity contribution < 1.29 is 9.53 Å². The number of methoxy groups -OCH3 is 1. The number of carbonyl (C=O) groups is 1. The highest BCUT2D eigenvalue weighted by Crippen LogP contribution is 2.15. The van der Waals surface area contributed by atoms with Crippen LogP contribution in [-0.2, 0) is 0 Å². The average Bonchev–Trinajstić information content (AvgIpc) is 2.49. The fourth-order valence-electron chi connectivity index (χ4n) is 1.60. The third-order valence-corrected chi connectivity index (χ3v) is 2.62.